The first-order chi connectivity index (χ1) is 10.3. The van der Waals surface area contributed by atoms with Gasteiger partial charge in [0.2, 0.25) is 0 Å². The van der Waals surface area contributed by atoms with E-state index >= 15 is 0 Å². The summed E-state index contributed by atoms with van der Waals surface area (Å²) in [6, 6.07) is 17.2. The first-order valence-corrected chi connectivity index (χ1v) is 8.13. The van der Waals surface area contributed by atoms with E-state index in [4.69, 9.17) is 0 Å². The minimum atomic E-state index is -0.313. The Labute approximate surface area is 127 Å². The summed E-state index contributed by atoms with van der Waals surface area (Å²) < 4.78 is 0. The Morgan fingerprint density at radius 1 is 0.857 bits per heavy atom. The van der Waals surface area contributed by atoms with Crippen LogP contribution in [0.4, 0.5) is 0 Å². The van der Waals surface area contributed by atoms with Gasteiger partial charge in [-0.1, -0.05) is 75.2 Å². The molecule has 2 aromatic carbocycles. The maximum atomic E-state index is 11.0. The van der Waals surface area contributed by atoms with E-state index < -0.39 is 0 Å². The topological polar surface area (TPSA) is 20.2 Å². The van der Waals surface area contributed by atoms with Gasteiger partial charge in [0.05, 0.1) is 6.10 Å². The summed E-state index contributed by atoms with van der Waals surface area (Å²) in [5, 5.41) is 11.0. The second-order valence-electron chi connectivity index (χ2n) is 6.12. The summed E-state index contributed by atoms with van der Waals surface area (Å²) in [5.74, 6) is 0. The van der Waals surface area contributed by atoms with Crippen LogP contribution in [0.1, 0.15) is 50.7 Å². The predicted molar refractivity (Wildman–Crippen MR) is 88.5 cm³/mol. The van der Waals surface area contributed by atoms with Crippen LogP contribution < -0.4 is 0 Å². The van der Waals surface area contributed by atoms with E-state index in [1.165, 1.54) is 22.3 Å². The fourth-order valence-corrected chi connectivity index (χ4v) is 4.07. The third-order valence-corrected chi connectivity index (χ3v) is 4.88. The summed E-state index contributed by atoms with van der Waals surface area (Å²) in [6.07, 6.45) is 3.62. The summed E-state index contributed by atoms with van der Waals surface area (Å²) in [4.78, 5) is 0. The largest absolute Gasteiger partial charge is 0.392 e. The number of hydrogen-bond donors (Lipinski definition) is 1. The van der Waals surface area contributed by atoms with E-state index in [1.54, 1.807) is 0 Å². The molecule has 3 rings (SSSR count). The van der Waals surface area contributed by atoms with Crippen molar-refractivity contribution in [2.75, 3.05) is 0 Å². The van der Waals surface area contributed by atoms with Gasteiger partial charge in [-0.15, -0.1) is 0 Å². The highest BCUT2D eigenvalue weighted by Gasteiger charge is 2.46. The SMILES string of the molecule is CCCC(O)C1(CCC)c2ccccc2-c2ccccc21. The average Bonchev–Trinajstić information content (AvgIpc) is 2.80. The molecular weight excluding hydrogens is 256 g/mol. The lowest BCUT2D eigenvalue weighted by Gasteiger charge is -2.37. The van der Waals surface area contributed by atoms with E-state index in [0.29, 0.717) is 0 Å². The van der Waals surface area contributed by atoms with Crippen LogP contribution in [0.5, 0.6) is 0 Å². The molecule has 1 atom stereocenters. The van der Waals surface area contributed by atoms with Crippen LogP contribution in [0.2, 0.25) is 0 Å². The summed E-state index contributed by atoms with van der Waals surface area (Å²) in [6.45, 7) is 4.36. The molecule has 0 aromatic heterocycles. The van der Waals surface area contributed by atoms with Crippen molar-refractivity contribution in [2.24, 2.45) is 0 Å². The van der Waals surface area contributed by atoms with Gasteiger partial charge < -0.3 is 5.11 Å². The molecule has 1 N–H and O–H groups in total. The lowest BCUT2D eigenvalue weighted by molar-refractivity contribution is 0.0888. The van der Waals surface area contributed by atoms with Crippen LogP contribution in [0, 0.1) is 0 Å². The number of fused-ring (bicyclic) bond motifs is 3. The molecule has 0 spiro atoms. The van der Waals surface area contributed by atoms with Gasteiger partial charge in [-0.3, -0.25) is 0 Å². The number of hydrogen-bond acceptors (Lipinski definition) is 1. The molecule has 1 unspecified atom stereocenters. The maximum Gasteiger partial charge on any atom is 0.0677 e. The molecule has 0 radical (unpaired) electrons. The quantitative estimate of drug-likeness (QED) is 0.824. The Hall–Kier alpha value is -1.60. The second kappa shape index (κ2) is 5.65. The molecule has 1 aliphatic carbocycles. The monoisotopic (exact) mass is 280 g/mol. The highest BCUT2D eigenvalue weighted by Crippen LogP contribution is 2.53. The molecule has 1 heteroatoms. The molecule has 2 aromatic rings. The molecule has 0 heterocycles. The lowest BCUT2D eigenvalue weighted by Crippen LogP contribution is -2.39. The molecule has 0 bridgehead atoms. The second-order valence-corrected chi connectivity index (χ2v) is 6.12. The third kappa shape index (κ3) is 2.03. The molecular formula is C20H24O. The van der Waals surface area contributed by atoms with Crippen molar-refractivity contribution in [3.8, 4) is 11.1 Å². The van der Waals surface area contributed by atoms with Gasteiger partial charge in [0.25, 0.3) is 0 Å². The van der Waals surface area contributed by atoms with E-state index in [-0.39, 0.29) is 11.5 Å². The van der Waals surface area contributed by atoms with Gasteiger partial charge in [0, 0.05) is 5.41 Å². The fraction of sp³-hybridized carbons (Fsp3) is 0.400. The van der Waals surface area contributed by atoms with Crippen molar-refractivity contribution in [1.29, 1.82) is 0 Å². The van der Waals surface area contributed by atoms with Crippen molar-refractivity contribution in [3.63, 3.8) is 0 Å². The first kappa shape index (κ1) is 14.3. The van der Waals surface area contributed by atoms with E-state index in [0.717, 1.165) is 25.7 Å². The van der Waals surface area contributed by atoms with Crippen molar-refractivity contribution in [1.82, 2.24) is 0 Å². The zero-order valence-electron chi connectivity index (χ0n) is 13.0. The zero-order valence-corrected chi connectivity index (χ0v) is 13.0. The average molecular weight is 280 g/mol. The van der Waals surface area contributed by atoms with Gasteiger partial charge in [0.1, 0.15) is 0 Å². The molecule has 0 aliphatic heterocycles. The number of benzene rings is 2. The third-order valence-electron chi connectivity index (χ3n) is 4.88. The van der Waals surface area contributed by atoms with Gasteiger partial charge >= 0.3 is 0 Å². The number of aliphatic hydroxyl groups excluding tert-OH is 1. The lowest BCUT2D eigenvalue weighted by atomic mass is 9.69. The van der Waals surface area contributed by atoms with Crippen molar-refractivity contribution < 1.29 is 5.11 Å². The Morgan fingerprint density at radius 3 is 1.86 bits per heavy atom. The summed E-state index contributed by atoms with van der Waals surface area (Å²) >= 11 is 0. The summed E-state index contributed by atoms with van der Waals surface area (Å²) in [7, 11) is 0. The van der Waals surface area contributed by atoms with E-state index in [9.17, 15) is 5.11 Å². The molecule has 1 nitrogen and oxygen atoms in total. The van der Waals surface area contributed by atoms with Crippen LogP contribution in [0.25, 0.3) is 11.1 Å². The van der Waals surface area contributed by atoms with Crippen LogP contribution in [0.3, 0.4) is 0 Å². The highest BCUT2D eigenvalue weighted by molar-refractivity contribution is 5.81. The molecule has 0 fully saturated rings. The van der Waals surface area contributed by atoms with Gasteiger partial charge in [-0.05, 0) is 35.1 Å². The number of rotatable bonds is 5. The Morgan fingerprint density at radius 2 is 1.38 bits per heavy atom. The van der Waals surface area contributed by atoms with E-state index in [1.807, 2.05) is 0 Å². The van der Waals surface area contributed by atoms with Crippen LogP contribution >= 0.6 is 0 Å². The van der Waals surface area contributed by atoms with E-state index in [2.05, 4.69) is 62.4 Å². The highest BCUT2D eigenvalue weighted by atomic mass is 16.3. The molecule has 0 saturated carbocycles. The zero-order chi connectivity index (χ0) is 14.9. The molecule has 0 amide bonds. The van der Waals surface area contributed by atoms with Crippen molar-refractivity contribution in [2.45, 2.75) is 51.0 Å². The Kier molecular flexibility index (Phi) is 3.86. The minimum absolute atomic E-state index is 0.224. The van der Waals surface area contributed by atoms with Crippen LogP contribution in [-0.2, 0) is 5.41 Å². The van der Waals surface area contributed by atoms with Crippen LogP contribution in [-0.4, -0.2) is 11.2 Å². The van der Waals surface area contributed by atoms with Crippen LogP contribution in [0.15, 0.2) is 48.5 Å². The maximum absolute atomic E-state index is 11.0. The first-order valence-electron chi connectivity index (χ1n) is 8.13. The smallest absolute Gasteiger partial charge is 0.0677 e. The van der Waals surface area contributed by atoms with Gasteiger partial charge in [0.15, 0.2) is 0 Å². The minimum Gasteiger partial charge on any atom is -0.392 e. The Balaban J connectivity index is 2.27. The number of aliphatic hydroxyl groups is 1. The fourth-order valence-electron chi connectivity index (χ4n) is 4.07. The predicted octanol–water partition coefficient (Wildman–Crippen LogP) is 4.91. The molecule has 110 valence electrons. The molecule has 0 saturated heterocycles. The molecule has 1 aliphatic rings. The summed E-state index contributed by atoms with van der Waals surface area (Å²) in [5.41, 5.74) is 5.01. The normalized spacial score (nSPS) is 16.3. The van der Waals surface area contributed by atoms with Gasteiger partial charge in [-0.2, -0.15) is 0 Å². The standard InChI is InChI=1S/C20H24O/c1-3-9-19(21)20(14-4-2)17-12-7-5-10-15(17)16-11-6-8-13-18(16)20/h5-8,10-13,19,21H,3-4,9,14H2,1-2H3. The van der Waals surface area contributed by atoms with Crippen molar-refractivity contribution >= 4 is 0 Å². The van der Waals surface area contributed by atoms with Gasteiger partial charge in [-0.25, -0.2) is 0 Å². The Bertz CT molecular complexity index is 584. The van der Waals surface area contributed by atoms with Crippen molar-refractivity contribution in [3.05, 3.63) is 59.7 Å². The molecule has 21 heavy (non-hydrogen) atoms.